The molecule has 0 aromatic carbocycles. The molecule has 0 spiro atoms. The molecule has 1 aliphatic rings. The number of nitrogens with two attached hydrogens (primary N) is 1. The van der Waals surface area contributed by atoms with Crippen LogP contribution >= 0.6 is 12.4 Å². The molecule has 1 unspecified atom stereocenters. The molecular weight excluding hydrogens is 254 g/mol. The van der Waals surface area contributed by atoms with Crippen LogP contribution in [0, 0.1) is 19.8 Å². The van der Waals surface area contributed by atoms with Crippen LogP contribution < -0.4 is 11.1 Å². The van der Waals surface area contributed by atoms with Gasteiger partial charge in [0.2, 0.25) is 5.91 Å². The van der Waals surface area contributed by atoms with E-state index in [0.717, 1.165) is 11.3 Å². The number of aromatic nitrogens is 1. The van der Waals surface area contributed by atoms with Gasteiger partial charge < -0.3 is 15.6 Å². The van der Waals surface area contributed by atoms with Gasteiger partial charge in [-0.3, -0.25) is 4.79 Å². The molecule has 1 amide bonds. The highest BCUT2D eigenvalue weighted by molar-refractivity contribution is 5.85. The first kappa shape index (κ1) is 15.0. The van der Waals surface area contributed by atoms with Crippen LogP contribution in [0.25, 0.3) is 0 Å². The van der Waals surface area contributed by atoms with Crippen LogP contribution in [0.5, 0.6) is 0 Å². The van der Waals surface area contributed by atoms with E-state index in [9.17, 15) is 4.79 Å². The maximum absolute atomic E-state index is 11.7. The second-order valence-corrected chi connectivity index (χ2v) is 4.78. The van der Waals surface area contributed by atoms with Crippen LogP contribution in [0.4, 0.5) is 0 Å². The van der Waals surface area contributed by atoms with Gasteiger partial charge in [-0.15, -0.1) is 12.4 Å². The van der Waals surface area contributed by atoms with E-state index in [1.54, 1.807) is 0 Å². The zero-order valence-corrected chi connectivity index (χ0v) is 11.5. The average molecular weight is 274 g/mol. The van der Waals surface area contributed by atoms with Gasteiger partial charge in [-0.05, 0) is 32.6 Å². The molecule has 1 aromatic heterocycles. The third-order valence-electron chi connectivity index (χ3n) is 3.28. The van der Waals surface area contributed by atoms with E-state index in [1.807, 2.05) is 13.8 Å². The number of carbonyl (C=O) groups excluding carboxylic acids is 1. The van der Waals surface area contributed by atoms with Crippen molar-refractivity contribution in [1.82, 2.24) is 10.5 Å². The number of rotatable bonds is 5. The molecule has 1 saturated carbocycles. The molecule has 6 heteroatoms. The standard InChI is InChI=1S/C12H19N3O2.ClH/c1-7-10(8(2)17-15-7)5-12(16)14-6-11(13)9-3-4-9;/h9,11H,3-6,13H2,1-2H3,(H,14,16);1H. The first-order valence-corrected chi connectivity index (χ1v) is 6.02. The van der Waals surface area contributed by atoms with Gasteiger partial charge >= 0.3 is 0 Å². The molecule has 0 radical (unpaired) electrons. The van der Waals surface area contributed by atoms with Crippen LogP contribution in [-0.2, 0) is 11.2 Å². The molecule has 0 aliphatic heterocycles. The van der Waals surface area contributed by atoms with Gasteiger partial charge in [-0.1, -0.05) is 5.16 Å². The topological polar surface area (TPSA) is 81.2 Å². The average Bonchev–Trinajstić information content (AvgIpc) is 3.09. The Bertz CT molecular complexity index is 396. The molecule has 2 rings (SSSR count). The molecule has 18 heavy (non-hydrogen) atoms. The largest absolute Gasteiger partial charge is 0.361 e. The highest BCUT2D eigenvalue weighted by atomic mass is 35.5. The summed E-state index contributed by atoms with van der Waals surface area (Å²) in [6.07, 6.45) is 2.71. The van der Waals surface area contributed by atoms with E-state index in [1.165, 1.54) is 12.8 Å². The Balaban J connectivity index is 0.00000162. The van der Waals surface area contributed by atoms with E-state index < -0.39 is 0 Å². The molecule has 1 atom stereocenters. The molecule has 1 heterocycles. The number of aryl methyl sites for hydroxylation is 2. The summed E-state index contributed by atoms with van der Waals surface area (Å²) < 4.78 is 5.02. The van der Waals surface area contributed by atoms with Gasteiger partial charge in [0.15, 0.2) is 0 Å². The number of nitrogens with zero attached hydrogens (tertiary/aromatic N) is 1. The lowest BCUT2D eigenvalue weighted by Crippen LogP contribution is -2.39. The van der Waals surface area contributed by atoms with Crippen LogP contribution in [0.2, 0.25) is 0 Å². The van der Waals surface area contributed by atoms with E-state index in [-0.39, 0.29) is 24.4 Å². The molecule has 1 fully saturated rings. The van der Waals surface area contributed by atoms with Crippen molar-refractivity contribution in [1.29, 1.82) is 0 Å². The van der Waals surface area contributed by atoms with Crippen LogP contribution in [0.1, 0.15) is 29.9 Å². The predicted molar refractivity (Wildman–Crippen MR) is 70.6 cm³/mol. The fourth-order valence-corrected chi connectivity index (χ4v) is 1.90. The number of hydrogen-bond acceptors (Lipinski definition) is 4. The highest BCUT2D eigenvalue weighted by Gasteiger charge is 2.28. The highest BCUT2D eigenvalue weighted by Crippen LogP contribution is 2.31. The SMILES string of the molecule is Cc1noc(C)c1CC(=O)NCC(N)C1CC1.Cl. The summed E-state index contributed by atoms with van der Waals surface area (Å²) in [6.45, 7) is 4.22. The summed E-state index contributed by atoms with van der Waals surface area (Å²) >= 11 is 0. The zero-order valence-electron chi connectivity index (χ0n) is 10.7. The minimum Gasteiger partial charge on any atom is -0.361 e. The normalized spacial score (nSPS) is 15.9. The quantitative estimate of drug-likeness (QED) is 0.842. The van der Waals surface area contributed by atoms with Gasteiger partial charge in [0.25, 0.3) is 0 Å². The summed E-state index contributed by atoms with van der Waals surface area (Å²) in [5.74, 6) is 1.30. The Hall–Kier alpha value is -1.07. The monoisotopic (exact) mass is 273 g/mol. The van der Waals surface area contributed by atoms with Crippen LogP contribution in [0.3, 0.4) is 0 Å². The van der Waals surface area contributed by atoms with Crippen molar-refractivity contribution >= 4 is 18.3 Å². The van der Waals surface area contributed by atoms with Gasteiger partial charge in [-0.25, -0.2) is 0 Å². The third-order valence-corrected chi connectivity index (χ3v) is 3.28. The molecule has 1 aliphatic carbocycles. The lowest BCUT2D eigenvalue weighted by molar-refractivity contribution is -0.120. The summed E-state index contributed by atoms with van der Waals surface area (Å²) in [5.41, 5.74) is 7.57. The van der Waals surface area contributed by atoms with Gasteiger partial charge in [-0.2, -0.15) is 0 Å². The Labute approximate surface area is 113 Å². The minimum absolute atomic E-state index is 0. The molecule has 3 N–H and O–H groups in total. The maximum Gasteiger partial charge on any atom is 0.224 e. The Morgan fingerprint density at radius 1 is 1.56 bits per heavy atom. The first-order chi connectivity index (χ1) is 8.08. The van der Waals surface area contributed by atoms with Crippen molar-refractivity contribution in [2.45, 2.75) is 39.2 Å². The number of halogens is 1. The van der Waals surface area contributed by atoms with Gasteiger partial charge in [0.05, 0.1) is 12.1 Å². The molecule has 0 bridgehead atoms. The van der Waals surface area contributed by atoms with Crippen LogP contribution in [-0.4, -0.2) is 23.7 Å². The van der Waals surface area contributed by atoms with Crippen molar-refractivity contribution in [2.75, 3.05) is 6.54 Å². The smallest absolute Gasteiger partial charge is 0.224 e. The molecule has 0 saturated heterocycles. The Morgan fingerprint density at radius 3 is 2.72 bits per heavy atom. The van der Waals surface area contributed by atoms with E-state index in [4.69, 9.17) is 10.3 Å². The molecule has 102 valence electrons. The predicted octanol–water partition coefficient (Wildman–Crippen LogP) is 1.11. The molecule has 1 aromatic rings. The Kier molecular flexibility index (Phi) is 5.16. The van der Waals surface area contributed by atoms with Crippen molar-refractivity contribution in [3.05, 3.63) is 17.0 Å². The summed E-state index contributed by atoms with van der Waals surface area (Å²) in [4.78, 5) is 11.7. The fraction of sp³-hybridized carbons (Fsp3) is 0.667. The second kappa shape index (κ2) is 6.20. The Morgan fingerprint density at radius 2 is 2.22 bits per heavy atom. The summed E-state index contributed by atoms with van der Waals surface area (Å²) in [6, 6.07) is 0.101. The lowest BCUT2D eigenvalue weighted by atomic mass is 10.1. The summed E-state index contributed by atoms with van der Waals surface area (Å²) in [7, 11) is 0. The first-order valence-electron chi connectivity index (χ1n) is 6.02. The minimum atomic E-state index is -0.0181. The van der Waals surface area contributed by atoms with Crippen molar-refractivity contribution in [2.24, 2.45) is 11.7 Å². The number of amides is 1. The molecular formula is C12H20ClN3O2. The summed E-state index contributed by atoms with van der Waals surface area (Å²) in [5, 5.41) is 6.69. The van der Waals surface area contributed by atoms with Crippen molar-refractivity contribution < 1.29 is 9.32 Å². The maximum atomic E-state index is 11.7. The van der Waals surface area contributed by atoms with Gasteiger partial charge in [0.1, 0.15) is 5.76 Å². The zero-order chi connectivity index (χ0) is 12.4. The lowest BCUT2D eigenvalue weighted by Gasteiger charge is -2.11. The van der Waals surface area contributed by atoms with Crippen molar-refractivity contribution in [3.63, 3.8) is 0 Å². The van der Waals surface area contributed by atoms with Crippen molar-refractivity contribution in [3.8, 4) is 0 Å². The number of hydrogen-bond donors (Lipinski definition) is 2. The van der Waals surface area contributed by atoms with E-state index in [0.29, 0.717) is 24.6 Å². The second-order valence-electron chi connectivity index (χ2n) is 4.78. The van der Waals surface area contributed by atoms with E-state index >= 15 is 0 Å². The van der Waals surface area contributed by atoms with Crippen LogP contribution in [0.15, 0.2) is 4.52 Å². The third kappa shape index (κ3) is 3.71. The number of carbonyl (C=O) groups is 1. The van der Waals surface area contributed by atoms with E-state index in [2.05, 4.69) is 10.5 Å². The number of nitrogens with one attached hydrogen (secondary N) is 1. The van der Waals surface area contributed by atoms with Gasteiger partial charge in [0, 0.05) is 18.2 Å². The fourth-order valence-electron chi connectivity index (χ4n) is 1.90. The molecule has 5 nitrogen and oxygen atoms in total.